The fourth-order valence-corrected chi connectivity index (χ4v) is 4.34. The molecule has 10 heteroatoms. The summed E-state index contributed by atoms with van der Waals surface area (Å²) >= 11 is 0. The number of aromatic hydroxyl groups is 1. The number of carbonyl (C=O) groups excluding carboxylic acids is 1. The molecule has 0 unspecified atom stereocenters. The number of aromatic nitrogens is 6. The van der Waals surface area contributed by atoms with E-state index in [4.69, 9.17) is 4.74 Å². The van der Waals surface area contributed by atoms with Gasteiger partial charge in [0.25, 0.3) is 5.91 Å². The summed E-state index contributed by atoms with van der Waals surface area (Å²) in [7, 11) is 1.57. The highest BCUT2D eigenvalue weighted by molar-refractivity contribution is 5.97. The SMILES string of the molecule is COc1ncccc1-c1ccc(O)c(-c2nc3ccc(C(=O)NCc4ccc(-n5cncn5)cc4)cc3[nH]2)c1. The molecule has 3 N–H and O–H groups in total. The summed E-state index contributed by atoms with van der Waals surface area (Å²) < 4.78 is 7.06. The maximum absolute atomic E-state index is 12.9. The number of imidazole rings is 1. The standard InChI is InChI=1S/C29H23N7O3/c1-39-29-22(3-2-12-31-29)19-7-11-26(37)23(13-19)27-34-24-10-6-20(14-25(24)35-27)28(38)32-15-18-4-8-21(9-5-18)36-17-30-16-33-36/h2-14,16-17,37H,15H2,1H3,(H,32,38)(H,34,35). The van der Waals surface area contributed by atoms with Gasteiger partial charge in [-0.25, -0.2) is 19.6 Å². The Balaban J connectivity index is 1.21. The number of amides is 1. The van der Waals surface area contributed by atoms with Crippen molar-refractivity contribution in [3.8, 4) is 39.8 Å². The third kappa shape index (κ3) is 4.78. The number of pyridine rings is 1. The highest BCUT2D eigenvalue weighted by atomic mass is 16.5. The zero-order valence-electron chi connectivity index (χ0n) is 20.9. The van der Waals surface area contributed by atoms with E-state index in [0.717, 1.165) is 22.4 Å². The molecule has 1 amide bonds. The Morgan fingerprint density at radius 3 is 2.72 bits per heavy atom. The number of phenolic OH excluding ortho intramolecular Hbond substituents is 1. The highest BCUT2D eigenvalue weighted by Crippen LogP contribution is 2.35. The summed E-state index contributed by atoms with van der Waals surface area (Å²) in [6.07, 6.45) is 4.77. The van der Waals surface area contributed by atoms with Crippen LogP contribution in [0.3, 0.4) is 0 Å². The third-order valence-corrected chi connectivity index (χ3v) is 6.34. The first-order valence-corrected chi connectivity index (χ1v) is 12.1. The van der Waals surface area contributed by atoms with Gasteiger partial charge in [-0.15, -0.1) is 0 Å². The normalized spacial score (nSPS) is 11.0. The number of carbonyl (C=O) groups is 1. The molecule has 3 heterocycles. The Morgan fingerprint density at radius 1 is 1.05 bits per heavy atom. The molecule has 6 aromatic rings. The Kier molecular flexibility index (Phi) is 6.18. The van der Waals surface area contributed by atoms with Crippen LogP contribution in [0.5, 0.6) is 11.6 Å². The number of H-pyrrole nitrogens is 1. The van der Waals surface area contributed by atoms with Crippen molar-refractivity contribution in [2.75, 3.05) is 7.11 Å². The van der Waals surface area contributed by atoms with Gasteiger partial charge in [-0.3, -0.25) is 4.79 Å². The van der Waals surface area contributed by atoms with Crippen molar-refractivity contribution >= 4 is 16.9 Å². The van der Waals surface area contributed by atoms with E-state index in [1.165, 1.54) is 6.33 Å². The molecule has 0 saturated heterocycles. The summed E-state index contributed by atoms with van der Waals surface area (Å²) in [5, 5.41) is 17.7. The fourth-order valence-electron chi connectivity index (χ4n) is 4.34. The smallest absolute Gasteiger partial charge is 0.251 e. The molecule has 0 aliphatic rings. The van der Waals surface area contributed by atoms with Gasteiger partial charge >= 0.3 is 0 Å². The minimum absolute atomic E-state index is 0.0773. The zero-order chi connectivity index (χ0) is 26.8. The van der Waals surface area contributed by atoms with Crippen LogP contribution in [0.4, 0.5) is 0 Å². The zero-order valence-corrected chi connectivity index (χ0v) is 20.9. The number of benzene rings is 3. The minimum Gasteiger partial charge on any atom is -0.507 e. The number of ether oxygens (including phenoxy) is 1. The van der Waals surface area contributed by atoms with Crippen molar-refractivity contribution in [3.63, 3.8) is 0 Å². The van der Waals surface area contributed by atoms with Crippen LogP contribution in [0.15, 0.2) is 91.6 Å². The molecule has 0 aliphatic carbocycles. The molecule has 0 bridgehead atoms. The second-order valence-electron chi connectivity index (χ2n) is 8.80. The van der Waals surface area contributed by atoms with E-state index in [1.807, 2.05) is 42.5 Å². The van der Waals surface area contributed by atoms with Crippen molar-refractivity contribution in [2.45, 2.75) is 6.54 Å². The van der Waals surface area contributed by atoms with E-state index in [9.17, 15) is 9.90 Å². The number of nitrogens with one attached hydrogen (secondary N) is 2. The molecule has 0 aliphatic heterocycles. The Hall–Kier alpha value is -5.51. The Morgan fingerprint density at radius 2 is 1.92 bits per heavy atom. The van der Waals surface area contributed by atoms with Crippen LogP contribution in [0.25, 0.3) is 39.2 Å². The molecule has 0 atom stereocenters. The van der Waals surface area contributed by atoms with E-state index in [1.54, 1.807) is 54.6 Å². The molecule has 0 spiro atoms. The minimum atomic E-state index is -0.207. The third-order valence-electron chi connectivity index (χ3n) is 6.34. The van der Waals surface area contributed by atoms with Crippen LogP contribution in [0, 0.1) is 0 Å². The molecule has 192 valence electrons. The Labute approximate surface area is 223 Å². The largest absolute Gasteiger partial charge is 0.507 e. The van der Waals surface area contributed by atoms with Gasteiger partial charge in [-0.1, -0.05) is 18.2 Å². The lowest BCUT2D eigenvalue weighted by Crippen LogP contribution is -2.22. The molecule has 3 aromatic carbocycles. The van der Waals surface area contributed by atoms with Gasteiger partial charge in [-0.2, -0.15) is 5.10 Å². The average Bonchev–Trinajstić information content (AvgIpc) is 3.67. The Bertz CT molecular complexity index is 1780. The molecule has 0 fully saturated rings. The van der Waals surface area contributed by atoms with Crippen LogP contribution in [-0.2, 0) is 6.54 Å². The number of hydrogen-bond acceptors (Lipinski definition) is 7. The van der Waals surface area contributed by atoms with E-state index in [2.05, 4.69) is 30.4 Å². The predicted molar refractivity (Wildman–Crippen MR) is 146 cm³/mol. The quantitative estimate of drug-likeness (QED) is 0.284. The van der Waals surface area contributed by atoms with E-state index in [0.29, 0.717) is 40.4 Å². The van der Waals surface area contributed by atoms with Crippen molar-refractivity contribution in [1.29, 1.82) is 0 Å². The van der Waals surface area contributed by atoms with Gasteiger partial charge in [0.1, 0.15) is 24.2 Å². The van der Waals surface area contributed by atoms with Crippen molar-refractivity contribution in [2.24, 2.45) is 0 Å². The van der Waals surface area contributed by atoms with Gasteiger partial charge in [-0.05, 0) is 65.7 Å². The molecular weight excluding hydrogens is 494 g/mol. The number of fused-ring (bicyclic) bond motifs is 1. The molecular formula is C29H23N7O3. The predicted octanol–water partition coefficient (Wildman–Crippen LogP) is 4.52. The summed E-state index contributed by atoms with van der Waals surface area (Å²) in [6, 6.07) is 21.9. The molecule has 0 radical (unpaired) electrons. The van der Waals surface area contributed by atoms with Crippen molar-refractivity contribution < 1.29 is 14.6 Å². The maximum Gasteiger partial charge on any atom is 0.251 e. The van der Waals surface area contributed by atoms with E-state index < -0.39 is 0 Å². The molecule has 6 rings (SSSR count). The number of methoxy groups -OCH3 is 1. The van der Waals surface area contributed by atoms with Crippen LogP contribution < -0.4 is 10.1 Å². The van der Waals surface area contributed by atoms with Gasteiger partial charge in [0, 0.05) is 23.9 Å². The molecule has 3 aromatic heterocycles. The highest BCUT2D eigenvalue weighted by Gasteiger charge is 2.15. The van der Waals surface area contributed by atoms with Crippen LogP contribution in [-0.4, -0.2) is 47.8 Å². The molecule has 39 heavy (non-hydrogen) atoms. The second kappa shape index (κ2) is 10.1. The number of rotatable bonds is 7. The van der Waals surface area contributed by atoms with Crippen molar-refractivity contribution in [1.82, 2.24) is 35.0 Å². The average molecular weight is 518 g/mol. The summed E-state index contributed by atoms with van der Waals surface area (Å²) in [5.41, 5.74) is 5.83. The monoisotopic (exact) mass is 517 g/mol. The van der Waals surface area contributed by atoms with E-state index >= 15 is 0 Å². The summed E-state index contributed by atoms with van der Waals surface area (Å²) in [6.45, 7) is 0.376. The lowest BCUT2D eigenvalue weighted by atomic mass is 10.0. The topological polar surface area (TPSA) is 131 Å². The van der Waals surface area contributed by atoms with Gasteiger partial charge < -0.3 is 20.1 Å². The number of nitrogens with zero attached hydrogens (tertiary/aromatic N) is 5. The lowest BCUT2D eigenvalue weighted by Gasteiger charge is -2.09. The van der Waals surface area contributed by atoms with Crippen LogP contribution in [0.2, 0.25) is 0 Å². The first-order chi connectivity index (χ1) is 19.1. The number of aromatic amines is 1. The van der Waals surface area contributed by atoms with Crippen molar-refractivity contribution in [3.05, 3.63) is 103 Å². The number of phenols is 1. The lowest BCUT2D eigenvalue weighted by molar-refractivity contribution is 0.0951. The van der Waals surface area contributed by atoms with Crippen LogP contribution in [0.1, 0.15) is 15.9 Å². The number of hydrogen-bond donors (Lipinski definition) is 3. The maximum atomic E-state index is 12.9. The van der Waals surface area contributed by atoms with Gasteiger partial charge in [0.15, 0.2) is 0 Å². The molecule has 10 nitrogen and oxygen atoms in total. The second-order valence-corrected chi connectivity index (χ2v) is 8.80. The summed E-state index contributed by atoms with van der Waals surface area (Å²) in [5.74, 6) is 0.841. The van der Waals surface area contributed by atoms with E-state index in [-0.39, 0.29) is 11.7 Å². The fraction of sp³-hybridized carbons (Fsp3) is 0.0690. The van der Waals surface area contributed by atoms with Gasteiger partial charge in [0.05, 0.1) is 29.4 Å². The van der Waals surface area contributed by atoms with Crippen LogP contribution >= 0.6 is 0 Å². The first kappa shape index (κ1) is 23.9. The summed E-state index contributed by atoms with van der Waals surface area (Å²) in [4.78, 5) is 29.0. The van der Waals surface area contributed by atoms with Gasteiger partial charge in [0.2, 0.25) is 5.88 Å². The molecule has 0 saturated carbocycles. The first-order valence-electron chi connectivity index (χ1n) is 12.1.